The molecule has 2 aromatic carbocycles. The molecule has 0 radical (unpaired) electrons. The van der Waals surface area contributed by atoms with Crippen LogP contribution in [0.15, 0.2) is 53.4 Å². The number of sulfone groups is 1. The fourth-order valence-electron chi connectivity index (χ4n) is 7.44. The lowest BCUT2D eigenvalue weighted by atomic mass is 9.83. The molecular formula is C41H57N5O7S. The number of aliphatic hydroxyl groups is 1. The zero-order chi connectivity index (χ0) is 39.4. The van der Waals surface area contributed by atoms with Crippen LogP contribution in [0.1, 0.15) is 108 Å². The Balaban J connectivity index is 1.51. The van der Waals surface area contributed by atoms with Crippen LogP contribution in [0.2, 0.25) is 0 Å². The van der Waals surface area contributed by atoms with Gasteiger partial charge >= 0.3 is 0 Å². The molecule has 2 aliphatic rings. The van der Waals surface area contributed by atoms with Crippen LogP contribution in [0.5, 0.6) is 0 Å². The van der Waals surface area contributed by atoms with Crippen LogP contribution in [0.4, 0.5) is 0 Å². The molecule has 1 aliphatic carbocycles. The molecule has 4 rings (SSSR count). The minimum Gasteiger partial charge on any atom is -0.390 e. The molecule has 5 N–H and O–H groups in total. The van der Waals surface area contributed by atoms with Crippen molar-refractivity contribution in [1.82, 2.24) is 21.3 Å². The predicted molar refractivity (Wildman–Crippen MR) is 206 cm³/mol. The molecule has 1 saturated carbocycles. The molecule has 0 saturated heterocycles. The van der Waals surface area contributed by atoms with Crippen molar-refractivity contribution in [2.75, 3.05) is 12.3 Å². The van der Waals surface area contributed by atoms with Gasteiger partial charge in [-0.2, -0.15) is 5.26 Å². The fraction of sp³-hybridized carbons (Fsp3) is 0.585. The highest BCUT2D eigenvalue weighted by Crippen LogP contribution is 2.37. The third kappa shape index (κ3) is 12.7. The van der Waals surface area contributed by atoms with Crippen LogP contribution in [-0.2, 0) is 35.4 Å². The van der Waals surface area contributed by atoms with Crippen LogP contribution < -0.4 is 21.3 Å². The Kier molecular flexibility index (Phi) is 15.6. The number of amides is 4. The van der Waals surface area contributed by atoms with Gasteiger partial charge < -0.3 is 26.4 Å². The van der Waals surface area contributed by atoms with Crippen LogP contribution in [0, 0.1) is 29.1 Å². The van der Waals surface area contributed by atoms with Crippen molar-refractivity contribution >= 4 is 33.5 Å². The van der Waals surface area contributed by atoms with Gasteiger partial charge in [0.15, 0.2) is 9.84 Å². The fourth-order valence-corrected chi connectivity index (χ4v) is 9.31. The lowest BCUT2D eigenvalue weighted by molar-refractivity contribution is -0.133. The number of nitrogens with one attached hydrogen (secondary N) is 4. The van der Waals surface area contributed by atoms with Crippen molar-refractivity contribution < 1.29 is 32.7 Å². The highest BCUT2D eigenvalue weighted by atomic mass is 32.2. The Morgan fingerprint density at radius 3 is 2.20 bits per heavy atom. The van der Waals surface area contributed by atoms with Crippen molar-refractivity contribution in [3.8, 4) is 6.07 Å². The summed E-state index contributed by atoms with van der Waals surface area (Å²) in [5.41, 5.74) is 1.46. The van der Waals surface area contributed by atoms with Gasteiger partial charge in [0, 0.05) is 25.3 Å². The van der Waals surface area contributed by atoms with Gasteiger partial charge in [-0.1, -0.05) is 90.1 Å². The molecule has 4 amide bonds. The molecule has 54 heavy (non-hydrogen) atoms. The molecule has 1 unspecified atom stereocenters. The van der Waals surface area contributed by atoms with Gasteiger partial charge in [-0.3, -0.25) is 19.2 Å². The number of benzene rings is 2. The van der Waals surface area contributed by atoms with Gasteiger partial charge in [-0.25, -0.2) is 8.42 Å². The zero-order valence-electron chi connectivity index (χ0n) is 32.0. The smallest absolute Gasteiger partial charge is 0.243 e. The van der Waals surface area contributed by atoms with Crippen molar-refractivity contribution in [1.29, 1.82) is 5.26 Å². The quantitative estimate of drug-likeness (QED) is 0.150. The first-order valence-electron chi connectivity index (χ1n) is 19.3. The van der Waals surface area contributed by atoms with Gasteiger partial charge in [0.25, 0.3) is 0 Å². The van der Waals surface area contributed by atoms with E-state index in [0.29, 0.717) is 18.5 Å². The molecule has 2 aromatic rings. The molecule has 13 heteroatoms. The number of rotatable bonds is 18. The van der Waals surface area contributed by atoms with E-state index in [1.165, 1.54) is 18.2 Å². The third-order valence-electron chi connectivity index (χ3n) is 10.2. The van der Waals surface area contributed by atoms with Crippen molar-refractivity contribution in [3.05, 3.63) is 65.2 Å². The van der Waals surface area contributed by atoms with Crippen molar-refractivity contribution in [2.24, 2.45) is 17.8 Å². The molecule has 0 bridgehead atoms. The van der Waals surface area contributed by atoms with E-state index in [-0.39, 0.29) is 65.6 Å². The number of aliphatic hydroxyl groups excluding tert-OH is 1. The lowest BCUT2D eigenvalue weighted by Gasteiger charge is -2.32. The van der Waals surface area contributed by atoms with Crippen LogP contribution in [-0.4, -0.2) is 73.7 Å². The summed E-state index contributed by atoms with van der Waals surface area (Å²) in [5.74, 6) is -2.37. The molecular weight excluding hydrogens is 707 g/mol. The standard InChI is InChI=1S/C41H57N5O7S/c1-26(2)17-34(40(50)45-33(19-28-11-7-5-8-12-28)36(47)22-38(48)43-24-27(3)4)46-41(51)35(20-29-13-9-6-10-14-29)44-39(49)21-31-25-54(52,53)37-16-15-30(23-42)18-32(31)37/h6,9-10,13-16,18,26-28,31,33-36,47H,5,7-8,11-12,17,19-22,24-25H2,1-4H3,(H,43,48)(H,44,49)(H,45,50)(H,46,51)/t31?,33-,34-,35-,36-/m0/s1. The maximum absolute atomic E-state index is 14.1. The van der Waals surface area contributed by atoms with Crippen LogP contribution in [0.3, 0.4) is 0 Å². The second-order valence-electron chi connectivity index (χ2n) is 15.9. The Morgan fingerprint density at radius 1 is 0.870 bits per heavy atom. The SMILES string of the molecule is CC(C)CNC(=O)C[C@H](O)[C@H](CC1CCCCC1)NC(=O)[C@H](CC(C)C)NC(=O)[C@H](Cc1ccccc1)NC(=O)CC1CS(=O)(=O)c2ccc(C#N)cc21. The van der Waals surface area contributed by atoms with Gasteiger partial charge in [-0.15, -0.1) is 0 Å². The number of carbonyl (C=O) groups is 4. The van der Waals surface area contributed by atoms with Gasteiger partial charge in [0.05, 0.1) is 40.8 Å². The summed E-state index contributed by atoms with van der Waals surface area (Å²) in [6, 6.07) is 12.6. The first-order valence-corrected chi connectivity index (χ1v) is 21.0. The molecule has 12 nitrogen and oxygen atoms in total. The number of nitriles is 1. The lowest BCUT2D eigenvalue weighted by Crippen LogP contribution is -2.57. The number of hydrogen-bond donors (Lipinski definition) is 5. The summed E-state index contributed by atoms with van der Waals surface area (Å²) >= 11 is 0. The summed E-state index contributed by atoms with van der Waals surface area (Å²) < 4.78 is 25.7. The number of hydrogen-bond acceptors (Lipinski definition) is 8. The number of fused-ring (bicyclic) bond motifs is 1. The van der Waals surface area contributed by atoms with E-state index in [0.717, 1.165) is 37.7 Å². The van der Waals surface area contributed by atoms with E-state index < -0.39 is 57.7 Å². The van der Waals surface area contributed by atoms with E-state index in [1.807, 2.05) is 64.1 Å². The Bertz CT molecular complexity index is 1750. The Labute approximate surface area is 320 Å². The summed E-state index contributed by atoms with van der Waals surface area (Å²) in [6.07, 6.45) is 4.62. The molecule has 1 aliphatic heterocycles. The summed E-state index contributed by atoms with van der Waals surface area (Å²) in [5, 5.41) is 32.2. The Hall–Kier alpha value is -4.28. The van der Waals surface area contributed by atoms with E-state index >= 15 is 0 Å². The third-order valence-corrected chi connectivity index (χ3v) is 12.1. The van der Waals surface area contributed by atoms with E-state index in [4.69, 9.17) is 0 Å². The number of carbonyl (C=O) groups excluding carboxylic acids is 4. The first kappa shape index (κ1) is 42.5. The van der Waals surface area contributed by atoms with Crippen LogP contribution in [0.25, 0.3) is 0 Å². The number of nitrogens with zero attached hydrogens (tertiary/aromatic N) is 1. The molecule has 5 atom stereocenters. The average Bonchev–Trinajstić information content (AvgIpc) is 3.38. The maximum atomic E-state index is 14.1. The molecule has 0 aromatic heterocycles. The predicted octanol–water partition coefficient (Wildman–Crippen LogP) is 4.06. The summed E-state index contributed by atoms with van der Waals surface area (Å²) in [7, 11) is -3.65. The average molecular weight is 764 g/mol. The molecule has 0 spiro atoms. The largest absolute Gasteiger partial charge is 0.390 e. The molecule has 294 valence electrons. The molecule has 1 heterocycles. The summed E-state index contributed by atoms with van der Waals surface area (Å²) in [4.78, 5) is 54.5. The van der Waals surface area contributed by atoms with Crippen molar-refractivity contribution in [3.63, 3.8) is 0 Å². The van der Waals surface area contributed by atoms with Crippen molar-refractivity contribution in [2.45, 2.75) is 127 Å². The van der Waals surface area contributed by atoms with Crippen LogP contribution >= 0.6 is 0 Å². The van der Waals surface area contributed by atoms with Gasteiger partial charge in [0.1, 0.15) is 12.1 Å². The van der Waals surface area contributed by atoms with E-state index in [2.05, 4.69) is 21.3 Å². The molecule has 1 fully saturated rings. The first-order chi connectivity index (χ1) is 25.6. The zero-order valence-corrected chi connectivity index (χ0v) is 32.8. The normalized spacial score (nSPS) is 18.8. The maximum Gasteiger partial charge on any atom is 0.243 e. The second kappa shape index (κ2) is 19.9. The van der Waals surface area contributed by atoms with E-state index in [9.17, 15) is 38.0 Å². The van der Waals surface area contributed by atoms with Gasteiger partial charge in [-0.05, 0) is 59.9 Å². The highest BCUT2D eigenvalue weighted by Gasteiger charge is 2.37. The Morgan fingerprint density at radius 2 is 1.56 bits per heavy atom. The minimum atomic E-state index is -3.65. The summed E-state index contributed by atoms with van der Waals surface area (Å²) in [6.45, 7) is 8.29. The highest BCUT2D eigenvalue weighted by molar-refractivity contribution is 7.91. The monoisotopic (exact) mass is 763 g/mol. The minimum absolute atomic E-state index is 0.00516. The van der Waals surface area contributed by atoms with E-state index in [1.54, 1.807) is 0 Å². The second-order valence-corrected chi connectivity index (χ2v) is 17.9. The topological polar surface area (TPSA) is 195 Å². The van der Waals surface area contributed by atoms with Gasteiger partial charge in [0.2, 0.25) is 23.6 Å².